The minimum absolute atomic E-state index is 0.00313. The minimum Gasteiger partial charge on any atom is -0.364 e. The first-order valence-electron chi connectivity index (χ1n) is 5.05. The fourth-order valence-electron chi connectivity index (χ4n) is 1.70. The average Bonchev–Trinajstić information content (AvgIpc) is 2.68. The highest BCUT2D eigenvalue weighted by atomic mass is 19.4. The van der Waals surface area contributed by atoms with Gasteiger partial charge in [0.1, 0.15) is 6.73 Å². The molecular weight excluding hydrogens is 267 g/mol. The van der Waals surface area contributed by atoms with E-state index in [2.05, 4.69) is 9.72 Å². The number of hydrogen-bond acceptors (Lipinski definition) is 4. The number of methoxy groups -OCH3 is 1. The van der Waals surface area contributed by atoms with Crippen LogP contribution in [0.4, 0.5) is 18.9 Å². The van der Waals surface area contributed by atoms with Crippen LogP contribution in [0.5, 0.6) is 0 Å². The third-order valence-electron chi connectivity index (χ3n) is 2.45. The summed E-state index contributed by atoms with van der Waals surface area (Å²) in [7, 11) is 1.23. The van der Waals surface area contributed by atoms with Crippen molar-refractivity contribution in [3.05, 3.63) is 34.1 Å². The third kappa shape index (κ3) is 2.36. The number of fused-ring (bicyclic) bond motifs is 1. The van der Waals surface area contributed by atoms with Gasteiger partial charge in [0.15, 0.2) is 0 Å². The summed E-state index contributed by atoms with van der Waals surface area (Å²) < 4.78 is 43.8. The molecular formula is C10H8F3N3O3. The van der Waals surface area contributed by atoms with Crippen LogP contribution in [0.25, 0.3) is 11.0 Å². The highest BCUT2D eigenvalue weighted by Gasteiger charge is 2.37. The molecule has 9 heteroatoms. The van der Waals surface area contributed by atoms with Gasteiger partial charge in [-0.15, -0.1) is 0 Å². The van der Waals surface area contributed by atoms with E-state index in [0.717, 1.165) is 16.7 Å². The van der Waals surface area contributed by atoms with Crippen molar-refractivity contribution in [3.8, 4) is 0 Å². The Kier molecular flexibility index (Phi) is 3.14. The van der Waals surface area contributed by atoms with Crippen LogP contribution in [0.3, 0.4) is 0 Å². The fraction of sp³-hybridized carbons (Fsp3) is 0.300. The van der Waals surface area contributed by atoms with Crippen molar-refractivity contribution >= 4 is 16.7 Å². The predicted molar refractivity (Wildman–Crippen MR) is 58.4 cm³/mol. The highest BCUT2D eigenvalue weighted by Crippen LogP contribution is 2.32. The van der Waals surface area contributed by atoms with Crippen LogP contribution in [-0.4, -0.2) is 21.6 Å². The first kappa shape index (κ1) is 13.3. The molecule has 6 nitrogen and oxygen atoms in total. The maximum atomic E-state index is 12.8. The summed E-state index contributed by atoms with van der Waals surface area (Å²) in [4.78, 5) is 13.4. The summed E-state index contributed by atoms with van der Waals surface area (Å²) in [5.74, 6) is -1.15. The number of rotatable bonds is 3. The Hall–Kier alpha value is -2.16. The van der Waals surface area contributed by atoms with E-state index in [4.69, 9.17) is 0 Å². The van der Waals surface area contributed by atoms with Crippen molar-refractivity contribution < 1.29 is 22.8 Å². The quantitative estimate of drug-likeness (QED) is 0.637. The average molecular weight is 275 g/mol. The smallest absolute Gasteiger partial charge is 0.364 e. The van der Waals surface area contributed by atoms with Crippen LogP contribution >= 0.6 is 0 Å². The van der Waals surface area contributed by atoms with E-state index in [9.17, 15) is 23.3 Å². The van der Waals surface area contributed by atoms with Gasteiger partial charge in [0.05, 0.1) is 16.0 Å². The van der Waals surface area contributed by atoms with Crippen LogP contribution < -0.4 is 0 Å². The molecule has 0 saturated heterocycles. The number of non-ortho nitro benzene ring substituents is 1. The summed E-state index contributed by atoms with van der Waals surface area (Å²) in [6, 6.07) is 3.32. The number of ether oxygens (including phenoxy) is 1. The number of hydrogen-bond donors (Lipinski definition) is 0. The molecule has 0 saturated carbocycles. The second kappa shape index (κ2) is 4.50. The van der Waals surface area contributed by atoms with Crippen LogP contribution in [0.1, 0.15) is 5.82 Å². The summed E-state index contributed by atoms with van der Waals surface area (Å²) >= 11 is 0. The lowest BCUT2D eigenvalue weighted by Crippen LogP contribution is -2.15. The topological polar surface area (TPSA) is 70.2 Å². The molecule has 2 rings (SSSR count). The molecule has 19 heavy (non-hydrogen) atoms. The molecule has 0 radical (unpaired) electrons. The lowest BCUT2D eigenvalue weighted by atomic mass is 10.3. The lowest BCUT2D eigenvalue weighted by Gasteiger charge is -2.09. The summed E-state index contributed by atoms with van der Waals surface area (Å²) in [6.07, 6.45) is -4.66. The van der Waals surface area contributed by atoms with Gasteiger partial charge in [-0.25, -0.2) is 4.98 Å². The van der Waals surface area contributed by atoms with Crippen LogP contribution in [0.2, 0.25) is 0 Å². The van der Waals surface area contributed by atoms with E-state index in [1.165, 1.54) is 13.2 Å². The van der Waals surface area contributed by atoms with E-state index in [0.29, 0.717) is 0 Å². The van der Waals surface area contributed by atoms with Crippen molar-refractivity contribution in [2.75, 3.05) is 7.11 Å². The molecule has 102 valence electrons. The summed E-state index contributed by atoms with van der Waals surface area (Å²) in [6.45, 7) is -0.396. The van der Waals surface area contributed by atoms with Crippen molar-refractivity contribution in [1.82, 2.24) is 9.55 Å². The van der Waals surface area contributed by atoms with E-state index in [-0.39, 0.29) is 16.7 Å². The number of alkyl halides is 3. The van der Waals surface area contributed by atoms with Gasteiger partial charge in [0.2, 0.25) is 5.82 Å². The van der Waals surface area contributed by atoms with Crippen LogP contribution in [-0.2, 0) is 17.6 Å². The normalized spacial score (nSPS) is 12.0. The Balaban J connectivity index is 2.71. The SMILES string of the molecule is COCn1c(C(F)(F)F)nc2ccc([N+](=O)[O-])cc21. The molecule has 1 heterocycles. The standard InChI is InChI=1S/C10H8F3N3O3/c1-19-5-15-8-4-6(16(17)18)2-3-7(8)14-9(15)10(11,12)13/h2-4H,5H2,1H3. The summed E-state index contributed by atoms with van der Waals surface area (Å²) in [5, 5.41) is 10.6. The molecule has 0 atom stereocenters. The first-order chi connectivity index (χ1) is 8.84. The van der Waals surface area contributed by atoms with E-state index >= 15 is 0 Å². The number of benzene rings is 1. The molecule has 0 bridgehead atoms. The predicted octanol–water partition coefficient (Wildman–Crippen LogP) is 2.57. The molecule has 0 aliphatic carbocycles. The summed E-state index contributed by atoms with van der Waals surface area (Å²) in [5.41, 5.74) is -0.281. The third-order valence-corrected chi connectivity index (χ3v) is 2.45. The molecule has 0 aliphatic rings. The van der Waals surface area contributed by atoms with Crippen molar-refractivity contribution in [2.24, 2.45) is 0 Å². The molecule has 0 unspecified atom stereocenters. The number of aromatic nitrogens is 2. The van der Waals surface area contributed by atoms with E-state index < -0.39 is 23.7 Å². The van der Waals surface area contributed by atoms with E-state index in [1.807, 2.05) is 0 Å². The molecule has 0 spiro atoms. The number of nitro groups is 1. The lowest BCUT2D eigenvalue weighted by molar-refractivity contribution is -0.384. The van der Waals surface area contributed by atoms with Gasteiger partial charge in [-0.1, -0.05) is 0 Å². The Morgan fingerprint density at radius 2 is 2.16 bits per heavy atom. The second-order valence-corrected chi connectivity index (χ2v) is 3.71. The van der Waals surface area contributed by atoms with Gasteiger partial charge >= 0.3 is 6.18 Å². The zero-order chi connectivity index (χ0) is 14.2. The second-order valence-electron chi connectivity index (χ2n) is 3.71. The van der Waals surface area contributed by atoms with Gasteiger partial charge in [0, 0.05) is 19.2 Å². The zero-order valence-electron chi connectivity index (χ0n) is 9.64. The Morgan fingerprint density at radius 3 is 2.68 bits per heavy atom. The Labute approximate surface area is 104 Å². The first-order valence-corrected chi connectivity index (χ1v) is 5.05. The molecule has 0 aliphatic heterocycles. The van der Waals surface area contributed by atoms with Crippen LogP contribution in [0.15, 0.2) is 18.2 Å². The van der Waals surface area contributed by atoms with Gasteiger partial charge in [-0.05, 0) is 6.07 Å². The van der Waals surface area contributed by atoms with Gasteiger partial charge in [-0.3, -0.25) is 14.7 Å². The van der Waals surface area contributed by atoms with Crippen molar-refractivity contribution in [2.45, 2.75) is 12.9 Å². The van der Waals surface area contributed by atoms with Gasteiger partial charge < -0.3 is 4.74 Å². The zero-order valence-corrected chi connectivity index (χ0v) is 9.64. The maximum Gasteiger partial charge on any atom is 0.449 e. The fourth-order valence-corrected chi connectivity index (χ4v) is 1.70. The molecule has 0 amide bonds. The highest BCUT2D eigenvalue weighted by molar-refractivity contribution is 5.78. The Morgan fingerprint density at radius 1 is 1.47 bits per heavy atom. The monoisotopic (exact) mass is 275 g/mol. The molecule has 1 aromatic heterocycles. The molecule has 2 aromatic rings. The number of nitrogens with zero attached hydrogens (tertiary/aromatic N) is 3. The molecule has 0 fully saturated rings. The number of imidazole rings is 1. The van der Waals surface area contributed by atoms with Crippen molar-refractivity contribution in [3.63, 3.8) is 0 Å². The molecule has 0 N–H and O–H groups in total. The number of nitro benzene ring substituents is 1. The Bertz CT molecular complexity index is 636. The minimum atomic E-state index is -4.66. The largest absolute Gasteiger partial charge is 0.449 e. The molecule has 1 aromatic carbocycles. The van der Waals surface area contributed by atoms with Gasteiger partial charge in [-0.2, -0.15) is 13.2 Å². The number of halogens is 3. The maximum absolute atomic E-state index is 12.8. The van der Waals surface area contributed by atoms with E-state index in [1.54, 1.807) is 0 Å². The van der Waals surface area contributed by atoms with Gasteiger partial charge in [0.25, 0.3) is 5.69 Å². The van der Waals surface area contributed by atoms with Crippen LogP contribution in [0, 0.1) is 10.1 Å². The van der Waals surface area contributed by atoms with Crippen molar-refractivity contribution in [1.29, 1.82) is 0 Å².